The largest absolute Gasteiger partial charge is 0.366 e. The topological polar surface area (TPSA) is 80.9 Å². The van der Waals surface area contributed by atoms with E-state index < -0.39 is 5.91 Å². The lowest BCUT2D eigenvalue weighted by Crippen LogP contribution is -2.16. The average Bonchev–Trinajstić information content (AvgIpc) is 2.60. The number of nitrogens with two attached hydrogens (primary N) is 1. The molecular weight excluding hydrogens is 331 g/mol. The highest BCUT2D eigenvalue weighted by Crippen LogP contribution is 2.29. The number of rotatable bonds is 6. The molecule has 0 radical (unpaired) electrons. The van der Waals surface area contributed by atoms with Crippen molar-refractivity contribution in [2.45, 2.75) is 26.3 Å². The van der Waals surface area contributed by atoms with Crippen LogP contribution in [0.15, 0.2) is 48.8 Å². The molecule has 3 rings (SSSR count). The molecule has 0 bridgehead atoms. The molecule has 1 amide bonds. The minimum atomic E-state index is -0.538. The Morgan fingerprint density at radius 2 is 1.96 bits per heavy atom. The molecule has 0 saturated heterocycles. The first-order chi connectivity index (χ1) is 12.5. The van der Waals surface area contributed by atoms with E-state index in [1.165, 1.54) is 18.5 Å². The number of hydrogen-bond acceptors (Lipinski definition) is 4. The first-order valence-electron chi connectivity index (χ1n) is 8.51. The average molecular weight is 352 g/mol. The van der Waals surface area contributed by atoms with Crippen LogP contribution in [0, 0.1) is 11.7 Å². The third-order valence-corrected chi connectivity index (χ3v) is 4.20. The molecule has 0 spiro atoms. The quantitative estimate of drug-likeness (QED) is 0.701. The normalized spacial score (nSPS) is 12.3. The highest BCUT2D eigenvalue weighted by atomic mass is 19.1. The summed E-state index contributed by atoms with van der Waals surface area (Å²) in [5.41, 5.74) is 7.13. The van der Waals surface area contributed by atoms with Gasteiger partial charge < -0.3 is 11.1 Å². The molecule has 2 aromatic carbocycles. The van der Waals surface area contributed by atoms with Crippen LogP contribution in [-0.2, 0) is 0 Å². The second-order valence-electron chi connectivity index (χ2n) is 6.67. The summed E-state index contributed by atoms with van der Waals surface area (Å²) < 4.78 is 13.7. The molecule has 0 aliphatic rings. The number of aromatic nitrogens is 2. The van der Waals surface area contributed by atoms with Gasteiger partial charge >= 0.3 is 0 Å². The van der Waals surface area contributed by atoms with Crippen LogP contribution in [0.2, 0.25) is 0 Å². The number of hydrogen-bond donors (Lipinski definition) is 2. The number of para-hydroxylation sites is 1. The molecule has 1 heterocycles. The number of fused-ring (bicyclic) bond motifs is 1. The van der Waals surface area contributed by atoms with Crippen LogP contribution in [-0.4, -0.2) is 15.9 Å². The van der Waals surface area contributed by atoms with Gasteiger partial charge in [0, 0.05) is 5.39 Å². The van der Waals surface area contributed by atoms with Crippen molar-refractivity contribution in [1.29, 1.82) is 0 Å². The van der Waals surface area contributed by atoms with Crippen LogP contribution >= 0.6 is 0 Å². The predicted octanol–water partition coefficient (Wildman–Crippen LogP) is 4.07. The minimum absolute atomic E-state index is 0.124. The second-order valence-corrected chi connectivity index (χ2v) is 6.67. The zero-order chi connectivity index (χ0) is 18.7. The summed E-state index contributed by atoms with van der Waals surface area (Å²) in [5, 5.41) is 4.10. The van der Waals surface area contributed by atoms with Crippen molar-refractivity contribution in [3.8, 4) is 0 Å². The predicted molar refractivity (Wildman–Crippen MR) is 100 cm³/mol. The lowest BCUT2D eigenvalue weighted by molar-refractivity contribution is 0.100. The van der Waals surface area contributed by atoms with Gasteiger partial charge in [0.1, 0.15) is 18.0 Å². The van der Waals surface area contributed by atoms with Crippen molar-refractivity contribution in [3.05, 3.63) is 65.7 Å². The molecular formula is C20H21FN4O. The van der Waals surface area contributed by atoms with E-state index in [-0.39, 0.29) is 11.9 Å². The monoisotopic (exact) mass is 352 g/mol. The van der Waals surface area contributed by atoms with Gasteiger partial charge in [0.25, 0.3) is 5.91 Å². The fraction of sp³-hybridized carbons (Fsp3) is 0.250. The van der Waals surface area contributed by atoms with E-state index >= 15 is 0 Å². The maximum atomic E-state index is 13.7. The molecule has 26 heavy (non-hydrogen) atoms. The molecule has 3 aromatic rings. The van der Waals surface area contributed by atoms with Crippen LogP contribution in [0.3, 0.4) is 0 Å². The van der Waals surface area contributed by atoms with Crippen molar-refractivity contribution in [2.24, 2.45) is 11.7 Å². The smallest absolute Gasteiger partial charge is 0.250 e. The SMILES string of the molecule is CC(C)CC(Nc1ncnc2c(C(N)=O)cccc12)c1cccc(F)c1. The van der Waals surface area contributed by atoms with E-state index in [0.29, 0.717) is 28.2 Å². The van der Waals surface area contributed by atoms with E-state index in [0.717, 1.165) is 12.0 Å². The molecule has 1 aromatic heterocycles. The number of carbonyl (C=O) groups is 1. The van der Waals surface area contributed by atoms with Crippen molar-refractivity contribution in [1.82, 2.24) is 9.97 Å². The van der Waals surface area contributed by atoms with Gasteiger partial charge in [0.15, 0.2) is 0 Å². The molecule has 0 aliphatic carbocycles. The molecule has 5 nitrogen and oxygen atoms in total. The number of nitrogens with one attached hydrogen (secondary N) is 1. The maximum absolute atomic E-state index is 13.7. The van der Waals surface area contributed by atoms with Crippen LogP contribution < -0.4 is 11.1 Å². The number of primary amides is 1. The van der Waals surface area contributed by atoms with E-state index in [1.807, 2.05) is 12.1 Å². The van der Waals surface area contributed by atoms with E-state index in [4.69, 9.17) is 5.73 Å². The number of amides is 1. The highest BCUT2D eigenvalue weighted by molar-refractivity contribution is 6.06. The van der Waals surface area contributed by atoms with E-state index in [9.17, 15) is 9.18 Å². The summed E-state index contributed by atoms with van der Waals surface area (Å²) in [6.07, 6.45) is 2.19. The van der Waals surface area contributed by atoms with Crippen LogP contribution in [0.5, 0.6) is 0 Å². The van der Waals surface area contributed by atoms with Crippen molar-refractivity contribution in [2.75, 3.05) is 5.32 Å². The fourth-order valence-electron chi connectivity index (χ4n) is 3.04. The van der Waals surface area contributed by atoms with Crippen LogP contribution in [0.1, 0.15) is 42.2 Å². The van der Waals surface area contributed by atoms with Gasteiger partial charge in [-0.3, -0.25) is 4.79 Å². The van der Waals surface area contributed by atoms with Crippen LogP contribution in [0.25, 0.3) is 10.9 Å². The summed E-state index contributed by atoms with van der Waals surface area (Å²) in [4.78, 5) is 20.2. The molecule has 0 fully saturated rings. The molecule has 134 valence electrons. The fourth-order valence-corrected chi connectivity index (χ4v) is 3.04. The van der Waals surface area contributed by atoms with Gasteiger partial charge in [-0.1, -0.05) is 32.0 Å². The van der Waals surface area contributed by atoms with Crippen LogP contribution in [0.4, 0.5) is 10.2 Å². The molecule has 1 atom stereocenters. The second kappa shape index (κ2) is 7.47. The Morgan fingerprint density at radius 3 is 2.65 bits per heavy atom. The van der Waals surface area contributed by atoms with E-state index in [2.05, 4.69) is 29.1 Å². The Morgan fingerprint density at radius 1 is 1.19 bits per heavy atom. The molecule has 6 heteroatoms. The summed E-state index contributed by atoms with van der Waals surface area (Å²) in [5.74, 6) is 0.170. The first kappa shape index (κ1) is 17.8. The van der Waals surface area contributed by atoms with E-state index in [1.54, 1.807) is 18.2 Å². The molecule has 0 saturated carbocycles. The first-order valence-corrected chi connectivity index (χ1v) is 8.51. The number of halogens is 1. The Labute approximate surface area is 151 Å². The Balaban J connectivity index is 2.04. The zero-order valence-corrected chi connectivity index (χ0v) is 14.7. The Bertz CT molecular complexity index is 942. The lowest BCUT2D eigenvalue weighted by atomic mass is 9.96. The van der Waals surface area contributed by atoms with Gasteiger partial charge in [-0.25, -0.2) is 14.4 Å². The van der Waals surface area contributed by atoms with Crippen molar-refractivity contribution >= 4 is 22.6 Å². The third-order valence-electron chi connectivity index (χ3n) is 4.20. The molecule has 0 aliphatic heterocycles. The summed E-state index contributed by atoms with van der Waals surface area (Å²) >= 11 is 0. The molecule has 1 unspecified atom stereocenters. The lowest BCUT2D eigenvalue weighted by Gasteiger charge is -2.22. The Kier molecular flexibility index (Phi) is 5.11. The van der Waals surface area contributed by atoms with Crippen molar-refractivity contribution in [3.63, 3.8) is 0 Å². The molecule has 3 N–H and O–H groups in total. The summed E-state index contributed by atoms with van der Waals surface area (Å²) in [7, 11) is 0. The van der Waals surface area contributed by atoms with Gasteiger partial charge in [-0.15, -0.1) is 0 Å². The maximum Gasteiger partial charge on any atom is 0.250 e. The summed E-state index contributed by atoms with van der Waals surface area (Å²) in [6.45, 7) is 4.22. The van der Waals surface area contributed by atoms with Crippen molar-refractivity contribution < 1.29 is 9.18 Å². The minimum Gasteiger partial charge on any atom is -0.366 e. The summed E-state index contributed by atoms with van der Waals surface area (Å²) in [6, 6.07) is 11.6. The number of nitrogens with zero attached hydrogens (tertiary/aromatic N) is 2. The number of benzene rings is 2. The third kappa shape index (κ3) is 3.79. The Hall–Kier alpha value is -3.02. The van der Waals surface area contributed by atoms with Gasteiger partial charge in [-0.2, -0.15) is 0 Å². The zero-order valence-electron chi connectivity index (χ0n) is 14.7. The standard InChI is InChI=1S/C20H21FN4O/c1-12(2)9-17(13-5-3-6-14(21)10-13)25-20-16-8-4-7-15(19(22)26)18(16)23-11-24-20/h3-8,10-12,17H,9H2,1-2H3,(H2,22,26)(H,23,24,25). The highest BCUT2D eigenvalue weighted by Gasteiger charge is 2.17. The van der Waals surface area contributed by atoms with Gasteiger partial charge in [0.2, 0.25) is 0 Å². The van der Waals surface area contributed by atoms with Gasteiger partial charge in [0.05, 0.1) is 17.1 Å². The number of carbonyl (C=O) groups excluding carboxylic acids is 1. The number of anilines is 1. The van der Waals surface area contributed by atoms with Gasteiger partial charge in [-0.05, 0) is 42.2 Å².